The number of carbonyl (C=O) groups excluding carboxylic acids is 1. The lowest BCUT2D eigenvalue weighted by atomic mass is 10.1. The van der Waals surface area contributed by atoms with Crippen LogP contribution >= 0.6 is 0 Å². The molecule has 0 aromatic heterocycles. The van der Waals surface area contributed by atoms with Crippen LogP contribution in [0, 0.1) is 5.82 Å². The maximum atomic E-state index is 13.0. The highest BCUT2D eigenvalue weighted by molar-refractivity contribution is 5.89. The first kappa shape index (κ1) is 17.0. The van der Waals surface area contributed by atoms with Crippen LogP contribution in [0.15, 0.2) is 47.6 Å². The predicted molar refractivity (Wildman–Crippen MR) is 85.8 cm³/mol. The number of halogens is 1. The summed E-state index contributed by atoms with van der Waals surface area (Å²) in [6, 6.07) is 5.47. The Hall–Kier alpha value is -2.10. The number of rotatable bonds is 6. The molecule has 0 aliphatic carbocycles. The van der Waals surface area contributed by atoms with Crippen LogP contribution in [0.25, 0.3) is 0 Å². The standard InChI is InChI=1S/C17H23FN2O/c1-13(2)6-4-7-14(3)10-11-19-17(21)20-16-9-5-8-15(18)12-16/h5-6,8-10,12H,4,7,11H2,1-3H3,(H2,19,20,21)/b14-10+. The van der Waals surface area contributed by atoms with E-state index < -0.39 is 0 Å². The summed E-state index contributed by atoms with van der Waals surface area (Å²) in [5, 5.41) is 5.30. The van der Waals surface area contributed by atoms with Crippen molar-refractivity contribution in [3.05, 3.63) is 53.4 Å². The van der Waals surface area contributed by atoms with Crippen molar-refractivity contribution in [1.82, 2.24) is 5.32 Å². The first-order valence-corrected chi connectivity index (χ1v) is 7.07. The fourth-order valence-corrected chi connectivity index (χ4v) is 1.75. The molecule has 0 unspecified atom stereocenters. The molecule has 0 aliphatic rings. The minimum absolute atomic E-state index is 0.339. The number of hydrogen-bond acceptors (Lipinski definition) is 1. The third-order valence-corrected chi connectivity index (χ3v) is 2.89. The third kappa shape index (κ3) is 7.92. The number of anilines is 1. The molecule has 0 fully saturated rings. The lowest BCUT2D eigenvalue weighted by Crippen LogP contribution is -2.28. The molecule has 0 atom stereocenters. The molecule has 1 rings (SSSR count). The van der Waals surface area contributed by atoms with Gasteiger partial charge in [-0.05, 0) is 51.8 Å². The van der Waals surface area contributed by atoms with Crippen LogP contribution in [0.3, 0.4) is 0 Å². The van der Waals surface area contributed by atoms with Crippen molar-refractivity contribution in [1.29, 1.82) is 0 Å². The van der Waals surface area contributed by atoms with Crippen LogP contribution in [-0.2, 0) is 0 Å². The lowest BCUT2D eigenvalue weighted by molar-refractivity contribution is 0.253. The van der Waals surface area contributed by atoms with E-state index in [0.717, 1.165) is 12.8 Å². The van der Waals surface area contributed by atoms with Crippen molar-refractivity contribution in [2.24, 2.45) is 0 Å². The Morgan fingerprint density at radius 2 is 2.00 bits per heavy atom. The van der Waals surface area contributed by atoms with E-state index in [1.807, 2.05) is 13.0 Å². The largest absolute Gasteiger partial charge is 0.334 e. The number of allylic oxidation sites excluding steroid dienone is 3. The summed E-state index contributed by atoms with van der Waals surface area (Å²) in [5.41, 5.74) is 2.99. The number of urea groups is 1. The predicted octanol–water partition coefficient (Wildman–Crippen LogP) is 4.64. The van der Waals surface area contributed by atoms with E-state index in [0.29, 0.717) is 12.2 Å². The van der Waals surface area contributed by atoms with Gasteiger partial charge in [0.1, 0.15) is 5.82 Å². The molecule has 2 amide bonds. The van der Waals surface area contributed by atoms with Crippen LogP contribution in [0.2, 0.25) is 0 Å². The Morgan fingerprint density at radius 3 is 2.67 bits per heavy atom. The van der Waals surface area contributed by atoms with Crippen LogP contribution in [0.5, 0.6) is 0 Å². The van der Waals surface area contributed by atoms with Crippen molar-refractivity contribution in [2.75, 3.05) is 11.9 Å². The van der Waals surface area contributed by atoms with Gasteiger partial charge in [-0.25, -0.2) is 9.18 Å². The second-order valence-corrected chi connectivity index (χ2v) is 5.22. The van der Waals surface area contributed by atoms with E-state index in [-0.39, 0.29) is 11.8 Å². The first-order valence-electron chi connectivity index (χ1n) is 7.07. The molecule has 21 heavy (non-hydrogen) atoms. The zero-order valence-electron chi connectivity index (χ0n) is 12.9. The summed E-state index contributed by atoms with van der Waals surface area (Å²) < 4.78 is 13.0. The van der Waals surface area contributed by atoms with Crippen molar-refractivity contribution in [2.45, 2.75) is 33.6 Å². The molecule has 0 bridgehead atoms. The average Bonchev–Trinajstić information content (AvgIpc) is 2.38. The number of hydrogen-bond donors (Lipinski definition) is 2. The Labute approximate surface area is 125 Å². The van der Waals surface area contributed by atoms with Gasteiger partial charge in [0.25, 0.3) is 0 Å². The molecule has 0 saturated heterocycles. The maximum absolute atomic E-state index is 13.0. The van der Waals surface area contributed by atoms with Gasteiger partial charge >= 0.3 is 6.03 Å². The molecule has 0 saturated carbocycles. The number of amides is 2. The van der Waals surface area contributed by atoms with Gasteiger partial charge < -0.3 is 10.6 Å². The van der Waals surface area contributed by atoms with Crippen molar-refractivity contribution >= 4 is 11.7 Å². The van der Waals surface area contributed by atoms with Gasteiger partial charge in [0.05, 0.1) is 0 Å². The van der Waals surface area contributed by atoms with Gasteiger partial charge in [-0.3, -0.25) is 0 Å². The third-order valence-electron chi connectivity index (χ3n) is 2.89. The Kier molecular flexibility index (Phi) is 7.23. The molecule has 0 heterocycles. The smallest absolute Gasteiger partial charge is 0.319 e. The number of benzene rings is 1. The molecule has 0 spiro atoms. The summed E-state index contributed by atoms with van der Waals surface area (Å²) in [7, 11) is 0. The highest BCUT2D eigenvalue weighted by atomic mass is 19.1. The quantitative estimate of drug-likeness (QED) is 0.736. The second kappa shape index (κ2) is 8.95. The van der Waals surface area contributed by atoms with Gasteiger partial charge in [0.15, 0.2) is 0 Å². The van der Waals surface area contributed by atoms with Crippen molar-refractivity contribution < 1.29 is 9.18 Å². The van der Waals surface area contributed by atoms with Crippen LogP contribution in [0.1, 0.15) is 33.6 Å². The normalized spacial score (nSPS) is 11.0. The molecule has 2 N–H and O–H groups in total. The minimum Gasteiger partial charge on any atom is -0.334 e. The first-order chi connectivity index (χ1) is 9.97. The minimum atomic E-state index is -0.372. The number of nitrogens with one attached hydrogen (secondary N) is 2. The van der Waals surface area contributed by atoms with Gasteiger partial charge in [0.2, 0.25) is 0 Å². The molecule has 0 aliphatic heterocycles. The fourth-order valence-electron chi connectivity index (χ4n) is 1.75. The summed E-state index contributed by atoms with van der Waals surface area (Å²) >= 11 is 0. The lowest BCUT2D eigenvalue weighted by Gasteiger charge is -2.06. The van der Waals surface area contributed by atoms with E-state index in [9.17, 15) is 9.18 Å². The monoisotopic (exact) mass is 290 g/mol. The Bertz CT molecular complexity index is 531. The van der Waals surface area contributed by atoms with Crippen LogP contribution < -0.4 is 10.6 Å². The van der Waals surface area contributed by atoms with Crippen LogP contribution in [0.4, 0.5) is 14.9 Å². The van der Waals surface area contributed by atoms with Gasteiger partial charge in [-0.1, -0.05) is 29.4 Å². The average molecular weight is 290 g/mol. The Balaban J connectivity index is 2.31. The van der Waals surface area contributed by atoms with E-state index in [4.69, 9.17) is 0 Å². The molecule has 0 radical (unpaired) electrons. The molecule has 1 aromatic rings. The summed E-state index contributed by atoms with van der Waals surface area (Å²) in [6.07, 6.45) is 6.18. The van der Waals surface area contributed by atoms with E-state index in [2.05, 4.69) is 30.6 Å². The van der Waals surface area contributed by atoms with Gasteiger partial charge in [-0.2, -0.15) is 0 Å². The molecular weight excluding hydrogens is 267 g/mol. The van der Waals surface area contributed by atoms with Gasteiger partial charge in [0, 0.05) is 12.2 Å². The molecule has 114 valence electrons. The van der Waals surface area contributed by atoms with Crippen molar-refractivity contribution in [3.63, 3.8) is 0 Å². The molecule has 1 aromatic carbocycles. The fraction of sp³-hybridized carbons (Fsp3) is 0.353. The van der Waals surface area contributed by atoms with Crippen LogP contribution in [-0.4, -0.2) is 12.6 Å². The second-order valence-electron chi connectivity index (χ2n) is 5.22. The van der Waals surface area contributed by atoms with E-state index in [1.54, 1.807) is 12.1 Å². The van der Waals surface area contributed by atoms with Crippen molar-refractivity contribution in [3.8, 4) is 0 Å². The molecule has 4 heteroatoms. The SMILES string of the molecule is CC(C)=CCC/C(C)=C/CNC(=O)Nc1cccc(F)c1. The number of carbonyl (C=O) groups is 1. The maximum Gasteiger partial charge on any atom is 0.319 e. The topological polar surface area (TPSA) is 41.1 Å². The Morgan fingerprint density at radius 1 is 1.24 bits per heavy atom. The zero-order valence-corrected chi connectivity index (χ0v) is 12.9. The molecule has 3 nitrogen and oxygen atoms in total. The van der Waals surface area contributed by atoms with E-state index >= 15 is 0 Å². The summed E-state index contributed by atoms with van der Waals surface area (Å²) in [5.74, 6) is -0.372. The highest BCUT2D eigenvalue weighted by Gasteiger charge is 2.00. The van der Waals surface area contributed by atoms with E-state index in [1.165, 1.54) is 23.3 Å². The summed E-state index contributed by atoms with van der Waals surface area (Å²) in [4.78, 5) is 11.6. The summed E-state index contributed by atoms with van der Waals surface area (Å²) in [6.45, 7) is 6.67. The highest BCUT2D eigenvalue weighted by Crippen LogP contribution is 2.09. The van der Waals surface area contributed by atoms with Gasteiger partial charge in [-0.15, -0.1) is 0 Å². The zero-order chi connectivity index (χ0) is 15.7. The molecular formula is C17H23FN2O.